The summed E-state index contributed by atoms with van der Waals surface area (Å²) in [6.07, 6.45) is 5.68. The van der Waals surface area contributed by atoms with E-state index < -0.39 is 9.85 Å². The molecule has 0 radical (unpaired) electrons. The maximum Gasteiger partial charge on any atom is 0.269 e. The average Bonchev–Trinajstić information content (AvgIpc) is 2.83. The lowest BCUT2D eigenvalue weighted by Gasteiger charge is -2.05. The number of nitro groups is 2. The average molecular weight is 458 g/mol. The zero-order valence-corrected chi connectivity index (χ0v) is 17.6. The van der Waals surface area contributed by atoms with E-state index in [-0.39, 0.29) is 23.2 Å². The molecular weight excluding hydrogens is 440 g/mol. The summed E-state index contributed by atoms with van der Waals surface area (Å²) in [5.41, 5.74) is 2.24. The SMILES string of the molecule is O=C(C=Cc1ccc([N+](=O)[O-])cc1)Nc1ccc(NC(=O)C=Cc2ccc([N+](=O)[O-])cc2)cc1. The number of rotatable bonds is 8. The molecule has 0 spiro atoms. The van der Waals surface area contributed by atoms with E-state index in [0.29, 0.717) is 22.5 Å². The fourth-order valence-corrected chi connectivity index (χ4v) is 2.76. The van der Waals surface area contributed by atoms with Crippen molar-refractivity contribution in [1.82, 2.24) is 0 Å². The molecule has 0 saturated heterocycles. The van der Waals surface area contributed by atoms with Crippen LogP contribution in [0.15, 0.2) is 84.9 Å². The number of amides is 2. The molecule has 0 heterocycles. The lowest BCUT2D eigenvalue weighted by atomic mass is 10.2. The minimum absolute atomic E-state index is 0.0318. The normalized spacial score (nSPS) is 10.8. The summed E-state index contributed by atoms with van der Waals surface area (Å²) in [5.74, 6) is -0.776. The van der Waals surface area contributed by atoms with Gasteiger partial charge in [-0.3, -0.25) is 29.8 Å². The first-order chi connectivity index (χ1) is 16.3. The maximum atomic E-state index is 12.1. The van der Waals surface area contributed by atoms with Gasteiger partial charge in [0.05, 0.1) is 9.85 Å². The van der Waals surface area contributed by atoms with Gasteiger partial charge in [0.25, 0.3) is 11.4 Å². The summed E-state index contributed by atoms with van der Waals surface area (Å²) in [4.78, 5) is 44.5. The molecule has 34 heavy (non-hydrogen) atoms. The third kappa shape index (κ3) is 6.95. The molecule has 0 unspecified atom stereocenters. The topological polar surface area (TPSA) is 144 Å². The van der Waals surface area contributed by atoms with Crippen LogP contribution in [0.1, 0.15) is 11.1 Å². The number of non-ortho nitro benzene ring substituents is 2. The molecule has 0 aliphatic heterocycles. The molecule has 3 aromatic carbocycles. The Balaban J connectivity index is 1.50. The van der Waals surface area contributed by atoms with Crippen molar-refractivity contribution >= 4 is 46.7 Å². The van der Waals surface area contributed by atoms with E-state index in [0.717, 1.165) is 0 Å². The van der Waals surface area contributed by atoms with Crippen LogP contribution in [0.25, 0.3) is 12.2 Å². The molecule has 10 nitrogen and oxygen atoms in total. The molecule has 3 rings (SSSR count). The molecule has 3 aromatic rings. The number of benzene rings is 3. The second-order valence-corrected chi connectivity index (χ2v) is 6.92. The summed E-state index contributed by atoms with van der Waals surface area (Å²) in [7, 11) is 0. The molecule has 2 N–H and O–H groups in total. The molecule has 0 aliphatic carbocycles. The number of nitrogens with one attached hydrogen (secondary N) is 2. The predicted molar refractivity (Wildman–Crippen MR) is 128 cm³/mol. The highest BCUT2D eigenvalue weighted by Crippen LogP contribution is 2.16. The third-order valence-corrected chi connectivity index (χ3v) is 4.48. The van der Waals surface area contributed by atoms with E-state index in [4.69, 9.17) is 0 Å². The van der Waals surface area contributed by atoms with Gasteiger partial charge in [-0.25, -0.2) is 0 Å². The molecule has 0 fully saturated rings. The molecular formula is C24H18N4O6. The standard InChI is InChI=1S/C24H18N4O6/c29-23(15-5-17-1-11-21(12-2-17)27(31)32)25-19-7-9-20(10-8-19)26-24(30)16-6-18-3-13-22(14-4-18)28(33)34/h1-16H,(H,25,29)(H,26,30). The van der Waals surface area contributed by atoms with Crippen LogP contribution >= 0.6 is 0 Å². The summed E-state index contributed by atoms with van der Waals surface area (Å²) in [6.45, 7) is 0. The highest BCUT2D eigenvalue weighted by atomic mass is 16.6. The maximum absolute atomic E-state index is 12.1. The Morgan fingerprint density at radius 2 is 0.912 bits per heavy atom. The second kappa shape index (κ2) is 11.0. The van der Waals surface area contributed by atoms with E-state index in [9.17, 15) is 29.8 Å². The van der Waals surface area contributed by atoms with Gasteiger partial charge < -0.3 is 10.6 Å². The third-order valence-electron chi connectivity index (χ3n) is 4.48. The number of carbonyl (C=O) groups excluding carboxylic acids is 2. The molecule has 10 heteroatoms. The summed E-state index contributed by atoms with van der Waals surface area (Å²) < 4.78 is 0. The van der Waals surface area contributed by atoms with Gasteiger partial charge in [0.1, 0.15) is 0 Å². The molecule has 0 saturated carbocycles. The fraction of sp³-hybridized carbons (Fsp3) is 0. The first kappa shape index (κ1) is 23.5. The van der Waals surface area contributed by atoms with Crippen LogP contribution in [0.5, 0.6) is 0 Å². The van der Waals surface area contributed by atoms with Gasteiger partial charge in [-0.15, -0.1) is 0 Å². The predicted octanol–water partition coefficient (Wildman–Crippen LogP) is 4.81. The lowest BCUT2D eigenvalue weighted by Crippen LogP contribution is -2.09. The van der Waals surface area contributed by atoms with E-state index in [1.54, 1.807) is 24.3 Å². The highest BCUT2D eigenvalue weighted by molar-refractivity contribution is 6.03. The van der Waals surface area contributed by atoms with Gasteiger partial charge in [0.15, 0.2) is 0 Å². The molecule has 2 amide bonds. The largest absolute Gasteiger partial charge is 0.323 e. The van der Waals surface area contributed by atoms with Crippen molar-refractivity contribution in [1.29, 1.82) is 0 Å². The molecule has 0 bridgehead atoms. The Kier molecular flexibility index (Phi) is 7.59. The van der Waals surface area contributed by atoms with Gasteiger partial charge in [-0.05, 0) is 71.8 Å². The number of nitro benzene ring substituents is 2. The zero-order chi connectivity index (χ0) is 24.5. The number of hydrogen-bond donors (Lipinski definition) is 2. The van der Waals surface area contributed by atoms with Crippen molar-refractivity contribution in [3.05, 3.63) is 116 Å². The van der Waals surface area contributed by atoms with Gasteiger partial charge in [0.2, 0.25) is 11.8 Å². The van der Waals surface area contributed by atoms with E-state index in [2.05, 4.69) is 10.6 Å². The number of anilines is 2. The minimum Gasteiger partial charge on any atom is -0.323 e. The Bertz CT molecular complexity index is 1160. The summed E-state index contributed by atoms with van der Waals surface area (Å²) in [5, 5.41) is 26.7. The van der Waals surface area contributed by atoms with Crippen LogP contribution in [0.2, 0.25) is 0 Å². The molecule has 170 valence electrons. The van der Waals surface area contributed by atoms with Crippen LogP contribution in [-0.4, -0.2) is 21.7 Å². The highest BCUT2D eigenvalue weighted by Gasteiger charge is 2.05. The minimum atomic E-state index is -0.498. The first-order valence-electron chi connectivity index (χ1n) is 9.87. The van der Waals surface area contributed by atoms with Crippen LogP contribution in [0, 0.1) is 20.2 Å². The number of hydrogen-bond acceptors (Lipinski definition) is 6. The van der Waals surface area contributed by atoms with Crippen molar-refractivity contribution in [2.24, 2.45) is 0 Å². The molecule has 0 aliphatic rings. The summed E-state index contributed by atoms with van der Waals surface area (Å²) in [6, 6.07) is 18.0. The van der Waals surface area contributed by atoms with Crippen LogP contribution < -0.4 is 10.6 Å². The number of nitrogens with zero attached hydrogens (tertiary/aromatic N) is 2. The van der Waals surface area contributed by atoms with Gasteiger partial charge in [0, 0.05) is 47.8 Å². The van der Waals surface area contributed by atoms with Gasteiger partial charge in [-0.1, -0.05) is 0 Å². The Morgan fingerprint density at radius 3 is 1.21 bits per heavy atom. The van der Waals surface area contributed by atoms with Gasteiger partial charge >= 0.3 is 0 Å². The van der Waals surface area contributed by atoms with Crippen molar-refractivity contribution in [3.8, 4) is 0 Å². The van der Waals surface area contributed by atoms with Crippen molar-refractivity contribution in [3.63, 3.8) is 0 Å². The quantitative estimate of drug-likeness (QED) is 0.282. The van der Waals surface area contributed by atoms with Crippen LogP contribution in [-0.2, 0) is 9.59 Å². The lowest BCUT2D eigenvalue weighted by molar-refractivity contribution is -0.385. The van der Waals surface area contributed by atoms with Crippen LogP contribution in [0.4, 0.5) is 22.7 Å². The van der Waals surface area contributed by atoms with Crippen molar-refractivity contribution in [2.45, 2.75) is 0 Å². The van der Waals surface area contributed by atoms with Crippen LogP contribution in [0.3, 0.4) is 0 Å². The monoisotopic (exact) mass is 458 g/mol. The fourth-order valence-electron chi connectivity index (χ4n) is 2.76. The van der Waals surface area contributed by atoms with E-state index in [1.807, 2.05) is 0 Å². The van der Waals surface area contributed by atoms with Crippen molar-refractivity contribution in [2.75, 3.05) is 10.6 Å². The first-order valence-corrected chi connectivity index (χ1v) is 9.87. The summed E-state index contributed by atoms with van der Waals surface area (Å²) >= 11 is 0. The zero-order valence-electron chi connectivity index (χ0n) is 17.6. The Morgan fingerprint density at radius 1 is 0.588 bits per heavy atom. The van der Waals surface area contributed by atoms with Crippen molar-refractivity contribution < 1.29 is 19.4 Å². The smallest absolute Gasteiger partial charge is 0.269 e. The van der Waals surface area contributed by atoms with E-state index >= 15 is 0 Å². The number of carbonyl (C=O) groups is 2. The molecule has 0 atom stereocenters. The van der Waals surface area contributed by atoms with E-state index in [1.165, 1.54) is 72.8 Å². The Hall–Kier alpha value is -5.12. The Labute approximate surface area is 193 Å². The van der Waals surface area contributed by atoms with Gasteiger partial charge in [-0.2, -0.15) is 0 Å². The molecule has 0 aromatic heterocycles. The second-order valence-electron chi connectivity index (χ2n) is 6.92.